The number of hydrogen-bond acceptors (Lipinski definition) is 3. The molecule has 1 saturated heterocycles. The molecule has 1 aliphatic heterocycles. The molecule has 28 heavy (non-hydrogen) atoms. The van der Waals surface area contributed by atoms with E-state index in [4.69, 9.17) is 4.74 Å². The fraction of sp³-hybridized carbons (Fsp3) is 0.238. The molecule has 2 heterocycles. The van der Waals surface area contributed by atoms with Crippen molar-refractivity contribution in [2.75, 3.05) is 33.3 Å². The van der Waals surface area contributed by atoms with Gasteiger partial charge in [-0.15, -0.1) is 0 Å². The molecule has 0 saturated carbocycles. The van der Waals surface area contributed by atoms with E-state index >= 15 is 0 Å². The molecular formula is C21H20FN3O3. The maximum absolute atomic E-state index is 13.9. The minimum absolute atomic E-state index is 0.0672. The number of rotatable bonds is 3. The van der Waals surface area contributed by atoms with Gasteiger partial charge in [-0.2, -0.15) is 0 Å². The number of methoxy groups -OCH3 is 1. The number of halogens is 1. The predicted molar refractivity (Wildman–Crippen MR) is 103 cm³/mol. The highest BCUT2D eigenvalue weighted by molar-refractivity contribution is 5.98. The maximum atomic E-state index is 13.9. The SMILES string of the molecule is COc1ccc(C(=O)N2CCN(C(=O)c3cc4c(F)cccc4[nH]3)CC2)cc1. The van der Waals surface area contributed by atoms with Crippen molar-refractivity contribution in [1.29, 1.82) is 0 Å². The van der Waals surface area contributed by atoms with E-state index in [1.807, 2.05) is 0 Å². The summed E-state index contributed by atoms with van der Waals surface area (Å²) in [5.41, 5.74) is 1.54. The first-order valence-corrected chi connectivity index (χ1v) is 9.06. The Bertz CT molecular complexity index is 1020. The third-order valence-electron chi connectivity index (χ3n) is 5.03. The van der Waals surface area contributed by atoms with E-state index in [1.165, 1.54) is 6.07 Å². The molecule has 0 aliphatic carbocycles. The van der Waals surface area contributed by atoms with Crippen molar-refractivity contribution in [2.45, 2.75) is 0 Å². The van der Waals surface area contributed by atoms with E-state index in [0.717, 1.165) is 0 Å². The van der Waals surface area contributed by atoms with Gasteiger partial charge in [0.2, 0.25) is 0 Å². The molecule has 144 valence electrons. The van der Waals surface area contributed by atoms with Gasteiger partial charge in [-0.3, -0.25) is 9.59 Å². The number of ether oxygens (including phenoxy) is 1. The van der Waals surface area contributed by atoms with Crippen LogP contribution in [0.25, 0.3) is 10.9 Å². The lowest BCUT2D eigenvalue weighted by Crippen LogP contribution is -2.50. The van der Waals surface area contributed by atoms with E-state index in [2.05, 4.69) is 4.98 Å². The first kappa shape index (κ1) is 18.0. The predicted octanol–water partition coefficient (Wildman–Crippen LogP) is 2.91. The average Bonchev–Trinajstić information content (AvgIpc) is 3.19. The Morgan fingerprint density at radius 1 is 0.964 bits per heavy atom. The van der Waals surface area contributed by atoms with Gasteiger partial charge in [0.25, 0.3) is 11.8 Å². The molecule has 2 amide bonds. The summed E-state index contributed by atoms with van der Waals surface area (Å²) in [6.07, 6.45) is 0. The zero-order valence-electron chi connectivity index (χ0n) is 15.4. The van der Waals surface area contributed by atoms with Crippen LogP contribution >= 0.6 is 0 Å². The summed E-state index contributed by atoms with van der Waals surface area (Å²) in [4.78, 5) is 31.8. The highest BCUT2D eigenvalue weighted by Crippen LogP contribution is 2.20. The highest BCUT2D eigenvalue weighted by Gasteiger charge is 2.26. The highest BCUT2D eigenvalue weighted by atomic mass is 19.1. The first-order valence-electron chi connectivity index (χ1n) is 9.06. The van der Waals surface area contributed by atoms with E-state index < -0.39 is 0 Å². The minimum Gasteiger partial charge on any atom is -0.497 e. The topological polar surface area (TPSA) is 65.6 Å². The number of benzene rings is 2. The normalized spacial score (nSPS) is 14.4. The number of hydrogen-bond donors (Lipinski definition) is 1. The largest absolute Gasteiger partial charge is 0.497 e. The summed E-state index contributed by atoms with van der Waals surface area (Å²) in [5.74, 6) is 0.0824. The Morgan fingerprint density at radius 2 is 1.61 bits per heavy atom. The summed E-state index contributed by atoms with van der Waals surface area (Å²) >= 11 is 0. The maximum Gasteiger partial charge on any atom is 0.270 e. The Morgan fingerprint density at radius 3 is 2.21 bits per heavy atom. The van der Waals surface area contributed by atoms with Crippen molar-refractivity contribution in [3.63, 3.8) is 0 Å². The van der Waals surface area contributed by atoms with Crippen LogP contribution in [0.15, 0.2) is 48.5 Å². The van der Waals surface area contributed by atoms with Gasteiger partial charge in [0.05, 0.1) is 7.11 Å². The Balaban J connectivity index is 1.42. The van der Waals surface area contributed by atoms with Crippen LogP contribution in [0.2, 0.25) is 0 Å². The summed E-state index contributed by atoms with van der Waals surface area (Å²) in [6.45, 7) is 1.76. The zero-order valence-corrected chi connectivity index (χ0v) is 15.4. The first-order chi connectivity index (χ1) is 13.6. The van der Waals surface area contributed by atoms with Crippen LogP contribution in [0, 0.1) is 5.82 Å². The molecule has 0 spiro atoms. The number of aromatic nitrogens is 1. The number of H-pyrrole nitrogens is 1. The second-order valence-corrected chi connectivity index (χ2v) is 6.70. The number of nitrogens with one attached hydrogen (secondary N) is 1. The van der Waals surface area contributed by atoms with Crippen LogP contribution in [0.3, 0.4) is 0 Å². The summed E-state index contributed by atoms with van der Waals surface area (Å²) < 4.78 is 19.0. The van der Waals surface area contributed by atoms with Gasteiger partial charge in [-0.1, -0.05) is 6.07 Å². The molecule has 4 rings (SSSR count). The minimum atomic E-state index is -0.359. The number of fused-ring (bicyclic) bond motifs is 1. The van der Waals surface area contributed by atoms with Gasteiger partial charge in [0.15, 0.2) is 0 Å². The monoisotopic (exact) mass is 381 g/mol. The zero-order chi connectivity index (χ0) is 19.7. The molecule has 0 bridgehead atoms. The number of carbonyl (C=O) groups excluding carboxylic acids is 2. The average molecular weight is 381 g/mol. The van der Waals surface area contributed by atoms with Crippen molar-refractivity contribution in [3.05, 3.63) is 65.6 Å². The van der Waals surface area contributed by atoms with Crippen molar-refractivity contribution < 1.29 is 18.7 Å². The summed E-state index contributed by atoms with van der Waals surface area (Å²) in [5, 5.41) is 0.402. The van der Waals surface area contributed by atoms with Crippen molar-refractivity contribution >= 4 is 22.7 Å². The molecule has 1 fully saturated rings. The molecular weight excluding hydrogens is 361 g/mol. The number of piperazine rings is 1. The fourth-order valence-electron chi connectivity index (χ4n) is 3.43. The van der Waals surface area contributed by atoms with Gasteiger partial charge >= 0.3 is 0 Å². The van der Waals surface area contributed by atoms with E-state index in [-0.39, 0.29) is 17.6 Å². The molecule has 1 aromatic heterocycles. The molecule has 0 unspecified atom stereocenters. The third-order valence-corrected chi connectivity index (χ3v) is 5.03. The second-order valence-electron chi connectivity index (χ2n) is 6.70. The molecule has 3 aromatic rings. The third kappa shape index (κ3) is 3.31. The molecule has 0 radical (unpaired) electrons. The number of aromatic amines is 1. The smallest absolute Gasteiger partial charge is 0.270 e. The van der Waals surface area contributed by atoms with Crippen molar-refractivity contribution in [2.24, 2.45) is 0 Å². The van der Waals surface area contributed by atoms with Crippen LogP contribution in [-0.4, -0.2) is 59.9 Å². The molecule has 1 aliphatic rings. The number of amides is 2. The van der Waals surface area contributed by atoms with E-state index in [1.54, 1.807) is 59.4 Å². The lowest BCUT2D eigenvalue weighted by Gasteiger charge is -2.34. The van der Waals surface area contributed by atoms with Gasteiger partial charge < -0.3 is 19.5 Å². The van der Waals surface area contributed by atoms with Gasteiger partial charge in [-0.25, -0.2) is 4.39 Å². The molecule has 6 nitrogen and oxygen atoms in total. The van der Waals surface area contributed by atoms with Crippen molar-refractivity contribution in [3.8, 4) is 5.75 Å². The Labute approximate surface area is 161 Å². The molecule has 7 heteroatoms. The quantitative estimate of drug-likeness (QED) is 0.759. The van der Waals surface area contributed by atoms with Crippen LogP contribution in [0.4, 0.5) is 4.39 Å². The number of nitrogens with zero attached hydrogens (tertiary/aromatic N) is 2. The Kier molecular flexibility index (Phi) is 4.73. The van der Waals surface area contributed by atoms with Crippen LogP contribution in [0.5, 0.6) is 5.75 Å². The standard InChI is InChI=1S/C21H20FN3O3/c1-28-15-7-5-14(6-8-15)20(26)24-9-11-25(12-10-24)21(27)19-13-16-17(22)3-2-4-18(16)23-19/h2-8,13,23H,9-12H2,1H3. The van der Waals surface area contributed by atoms with E-state index in [9.17, 15) is 14.0 Å². The van der Waals surface area contributed by atoms with Crippen LogP contribution in [-0.2, 0) is 0 Å². The summed E-state index contributed by atoms with van der Waals surface area (Å²) in [6, 6.07) is 13.2. The second kappa shape index (κ2) is 7.34. The Hall–Kier alpha value is -3.35. The van der Waals surface area contributed by atoms with Crippen LogP contribution < -0.4 is 4.74 Å². The molecule has 0 atom stereocenters. The number of carbonyl (C=O) groups is 2. The molecule has 2 aromatic carbocycles. The lowest BCUT2D eigenvalue weighted by molar-refractivity contribution is 0.0533. The summed E-state index contributed by atoms with van der Waals surface area (Å²) in [7, 11) is 1.58. The van der Waals surface area contributed by atoms with E-state index in [0.29, 0.717) is 54.1 Å². The van der Waals surface area contributed by atoms with Crippen LogP contribution in [0.1, 0.15) is 20.8 Å². The fourth-order valence-corrected chi connectivity index (χ4v) is 3.43. The van der Waals surface area contributed by atoms with Gasteiger partial charge in [0.1, 0.15) is 17.3 Å². The van der Waals surface area contributed by atoms with Crippen molar-refractivity contribution in [1.82, 2.24) is 14.8 Å². The van der Waals surface area contributed by atoms with Gasteiger partial charge in [0, 0.05) is 42.6 Å². The van der Waals surface area contributed by atoms with Gasteiger partial charge in [-0.05, 0) is 42.5 Å². The molecule has 1 N–H and O–H groups in total. The lowest BCUT2D eigenvalue weighted by atomic mass is 10.1.